The maximum atomic E-state index is 13.1. The number of carbonyl (C=O) groups excluding carboxylic acids is 3. The average molecular weight is 546 g/mol. The van der Waals surface area contributed by atoms with E-state index in [0.29, 0.717) is 24.2 Å². The van der Waals surface area contributed by atoms with E-state index in [1.54, 1.807) is 24.3 Å². The van der Waals surface area contributed by atoms with Crippen molar-refractivity contribution < 1.29 is 23.9 Å². The predicted octanol–water partition coefficient (Wildman–Crippen LogP) is 3.90. The van der Waals surface area contributed by atoms with Gasteiger partial charge in [0.2, 0.25) is 5.91 Å². The molecule has 0 saturated carbocycles. The predicted molar refractivity (Wildman–Crippen MR) is 147 cm³/mol. The molecule has 3 atom stereocenters. The Kier molecular flexibility index (Phi) is 7.67. The number of nitrogens with zero attached hydrogens (tertiary/aromatic N) is 1. The fourth-order valence-electron chi connectivity index (χ4n) is 5.19. The molecule has 0 unspecified atom stereocenters. The van der Waals surface area contributed by atoms with Crippen molar-refractivity contribution in [3.63, 3.8) is 0 Å². The van der Waals surface area contributed by atoms with Crippen molar-refractivity contribution in [1.82, 2.24) is 9.88 Å². The number of aromatic amines is 1. The number of fused-ring (bicyclic) bond motifs is 3. The van der Waals surface area contributed by atoms with Crippen LogP contribution in [0.25, 0.3) is 10.9 Å². The van der Waals surface area contributed by atoms with E-state index >= 15 is 0 Å². The summed E-state index contributed by atoms with van der Waals surface area (Å²) in [6.45, 7) is 0. The molecule has 5 rings (SSSR count). The number of carbonyl (C=O) groups is 3. The minimum absolute atomic E-state index is 0.292. The quantitative estimate of drug-likeness (QED) is 0.207. The number of H-pyrrole nitrogens is 1. The molecular formula is C30H28ClN3O5. The second-order valence-corrected chi connectivity index (χ2v) is 9.70. The van der Waals surface area contributed by atoms with E-state index in [9.17, 15) is 14.4 Å². The standard InChI is InChI=1S/C30H28ClN3O5/c1-38-30(37)25-16-22-21-9-5-6-10-24(21)33-27(22)28(34(25)26(35)17-31)19-11-13-20(14-12-19)39-29(36)23(32)15-18-7-3-2-4-8-18/h2-14,23,25,28,33H,15-17,32H2,1H3/t23-,25+,28-/m0/s1. The van der Waals surface area contributed by atoms with E-state index in [1.165, 1.54) is 12.0 Å². The molecule has 1 aromatic heterocycles. The van der Waals surface area contributed by atoms with Gasteiger partial charge in [-0.25, -0.2) is 9.59 Å². The molecule has 1 aliphatic heterocycles. The summed E-state index contributed by atoms with van der Waals surface area (Å²) < 4.78 is 10.6. The Morgan fingerprint density at radius 1 is 1.03 bits per heavy atom. The number of para-hydroxylation sites is 1. The number of alkyl halides is 1. The monoisotopic (exact) mass is 545 g/mol. The Bertz CT molecular complexity index is 1500. The Morgan fingerprint density at radius 3 is 2.41 bits per heavy atom. The molecular weight excluding hydrogens is 518 g/mol. The first kappa shape index (κ1) is 26.5. The zero-order chi connectivity index (χ0) is 27.5. The second-order valence-electron chi connectivity index (χ2n) is 9.43. The molecule has 3 N–H and O–H groups in total. The highest BCUT2D eigenvalue weighted by Gasteiger charge is 2.43. The van der Waals surface area contributed by atoms with Crippen LogP contribution in [0.5, 0.6) is 5.75 Å². The lowest BCUT2D eigenvalue weighted by Gasteiger charge is -2.40. The normalized spacial score (nSPS) is 17.4. The Hall–Kier alpha value is -4.14. The summed E-state index contributed by atoms with van der Waals surface area (Å²) in [5.41, 5.74) is 10.4. The summed E-state index contributed by atoms with van der Waals surface area (Å²) in [6.07, 6.45) is 0.646. The number of esters is 2. The number of amides is 1. The van der Waals surface area contributed by atoms with Crippen molar-refractivity contribution in [3.05, 3.63) is 101 Å². The number of ether oxygens (including phenoxy) is 2. The van der Waals surface area contributed by atoms with Gasteiger partial charge in [-0.2, -0.15) is 0 Å². The van der Waals surface area contributed by atoms with Gasteiger partial charge >= 0.3 is 11.9 Å². The van der Waals surface area contributed by atoms with Crippen LogP contribution >= 0.6 is 11.6 Å². The highest BCUT2D eigenvalue weighted by Crippen LogP contribution is 2.41. The number of hydrogen-bond donors (Lipinski definition) is 2. The summed E-state index contributed by atoms with van der Waals surface area (Å²) in [6, 6.07) is 21.8. The smallest absolute Gasteiger partial charge is 0.328 e. The van der Waals surface area contributed by atoms with E-state index in [-0.39, 0.29) is 5.88 Å². The molecule has 200 valence electrons. The highest BCUT2D eigenvalue weighted by molar-refractivity contribution is 6.27. The zero-order valence-electron chi connectivity index (χ0n) is 21.3. The highest BCUT2D eigenvalue weighted by atomic mass is 35.5. The van der Waals surface area contributed by atoms with Gasteiger partial charge in [0.25, 0.3) is 0 Å². The summed E-state index contributed by atoms with van der Waals surface area (Å²) >= 11 is 6.00. The molecule has 8 nitrogen and oxygen atoms in total. The largest absolute Gasteiger partial charge is 0.467 e. The lowest BCUT2D eigenvalue weighted by atomic mass is 9.88. The van der Waals surface area contributed by atoms with E-state index in [0.717, 1.165) is 27.7 Å². The van der Waals surface area contributed by atoms with Crippen LogP contribution in [-0.2, 0) is 32.0 Å². The van der Waals surface area contributed by atoms with Crippen molar-refractivity contribution in [2.45, 2.75) is 31.0 Å². The first-order valence-corrected chi connectivity index (χ1v) is 13.1. The SMILES string of the molecule is COC(=O)[C@H]1Cc2c([nH]c3ccccc23)[C@H](c2ccc(OC(=O)[C@@H](N)Cc3ccccc3)cc2)N1C(=O)CCl. The molecule has 3 aromatic carbocycles. The van der Waals surface area contributed by atoms with Crippen LogP contribution in [0.1, 0.15) is 28.4 Å². The van der Waals surface area contributed by atoms with Crippen molar-refractivity contribution in [2.75, 3.05) is 13.0 Å². The molecule has 0 aliphatic carbocycles. The van der Waals surface area contributed by atoms with Crippen LogP contribution in [0.4, 0.5) is 0 Å². The summed E-state index contributed by atoms with van der Waals surface area (Å²) in [4.78, 5) is 43.6. The van der Waals surface area contributed by atoms with E-state index in [1.807, 2.05) is 54.6 Å². The molecule has 1 aliphatic rings. The van der Waals surface area contributed by atoms with Crippen LogP contribution in [0.15, 0.2) is 78.9 Å². The van der Waals surface area contributed by atoms with E-state index < -0.39 is 36.0 Å². The fraction of sp³-hybridized carbons (Fsp3) is 0.233. The summed E-state index contributed by atoms with van der Waals surface area (Å²) in [5, 5.41) is 0.974. The molecule has 0 bridgehead atoms. The molecule has 0 fully saturated rings. The third-order valence-electron chi connectivity index (χ3n) is 7.02. The number of nitrogens with one attached hydrogen (secondary N) is 1. The number of methoxy groups -OCH3 is 1. The maximum Gasteiger partial charge on any atom is 0.328 e. The number of hydrogen-bond acceptors (Lipinski definition) is 6. The van der Waals surface area contributed by atoms with Crippen LogP contribution in [0.2, 0.25) is 0 Å². The topological polar surface area (TPSA) is 115 Å². The Labute approximate surface area is 230 Å². The van der Waals surface area contributed by atoms with Gasteiger partial charge in [0, 0.05) is 23.0 Å². The minimum Gasteiger partial charge on any atom is -0.467 e. The van der Waals surface area contributed by atoms with Gasteiger partial charge in [0.1, 0.15) is 23.7 Å². The van der Waals surface area contributed by atoms with Crippen LogP contribution < -0.4 is 10.5 Å². The molecule has 4 aromatic rings. The minimum atomic E-state index is -0.855. The lowest BCUT2D eigenvalue weighted by molar-refractivity contribution is -0.154. The van der Waals surface area contributed by atoms with Crippen LogP contribution in [0, 0.1) is 0 Å². The zero-order valence-corrected chi connectivity index (χ0v) is 22.1. The van der Waals surface area contributed by atoms with E-state index in [2.05, 4.69) is 4.98 Å². The molecule has 1 amide bonds. The third kappa shape index (κ3) is 5.26. The van der Waals surface area contributed by atoms with Gasteiger partial charge in [0.05, 0.1) is 13.2 Å². The average Bonchev–Trinajstić information content (AvgIpc) is 3.34. The van der Waals surface area contributed by atoms with Crippen molar-refractivity contribution >= 4 is 40.3 Å². The van der Waals surface area contributed by atoms with Crippen LogP contribution in [0.3, 0.4) is 0 Å². The first-order chi connectivity index (χ1) is 18.9. The fourth-order valence-corrected chi connectivity index (χ4v) is 5.33. The maximum absolute atomic E-state index is 13.1. The summed E-state index contributed by atoms with van der Waals surface area (Å²) in [7, 11) is 1.30. The Morgan fingerprint density at radius 2 is 1.72 bits per heavy atom. The van der Waals surface area contributed by atoms with Gasteiger partial charge in [-0.1, -0.05) is 60.7 Å². The molecule has 0 radical (unpaired) electrons. The van der Waals surface area contributed by atoms with Crippen molar-refractivity contribution in [3.8, 4) is 5.75 Å². The first-order valence-electron chi connectivity index (χ1n) is 12.6. The van der Waals surface area contributed by atoms with Crippen LogP contribution in [-0.4, -0.2) is 52.8 Å². The number of halogens is 1. The van der Waals surface area contributed by atoms with Crippen molar-refractivity contribution in [1.29, 1.82) is 0 Å². The Balaban J connectivity index is 1.47. The summed E-state index contributed by atoms with van der Waals surface area (Å²) in [5.74, 6) is -1.45. The number of benzene rings is 3. The molecule has 0 saturated heterocycles. The number of nitrogens with two attached hydrogens (primary N) is 1. The lowest BCUT2D eigenvalue weighted by Crippen LogP contribution is -2.52. The molecule has 9 heteroatoms. The number of rotatable bonds is 7. The van der Waals surface area contributed by atoms with Crippen molar-refractivity contribution in [2.24, 2.45) is 5.73 Å². The molecule has 2 heterocycles. The second kappa shape index (κ2) is 11.3. The van der Waals surface area contributed by atoms with Gasteiger partial charge in [-0.3, -0.25) is 4.79 Å². The van der Waals surface area contributed by atoms with Gasteiger partial charge in [-0.15, -0.1) is 11.6 Å². The van der Waals surface area contributed by atoms with Gasteiger partial charge in [0.15, 0.2) is 0 Å². The molecule has 39 heavy (non-hydrogen) atoms. The van der Waals surface area contributed by atoms with Gasteiger partial charge < -0.3 is 25.1 Å². The number of aromatic nitrogens is 1. The van der Waals surface area contributed by atoms with E-state index in [4.69, 9.17) is 26.8 Å². The third-order valence-corrected chi connectivity index (χ3v) is 7.25. The van der Waals surface area contributed by atoms with Gasteiger partial charge in [-0.05, 0) is 41.3 Å². The molecule has 0 spiro atoms.